The number of hydrogen-bond donors (Lipinski definition) is 4. The van der Waals surface area contributed by atoms with Crippen LogP contribution in [0, 0.1) is 0 Å². The molecule has 0 fully saturated rings. The maximum Gasteiger partial charge on any atom is 0.321 e. The first-order valence-electron chi connectivity index (χ1n) is 2.04. The van der Waals surface area contributed by atoms with E-state index in [1.807, 2.05) is 0 Å². The maximum absolute atomic E-state index is 9.81. The second-order valence-electron chi connectivity index (χ2n) is 1.31. The largest absolute Gasteiger partial charge is 0.480 e. The third kappa shape index (κ3) is 2.51. The van der Waals surface area contributed by atoms with Crippen molar-refractivity contribution in [3.8, 4) is 0 Å². The average Bonchev–Trinajstić information content (AvgIpc) is 1.67. The van der Waals surface area contributed by atoms with Crippen LogP contribution in [-0.4, -0.2) is 28.9 Å². The van der Waals surface area contributed by atoms with E-state index in [1.54, 1.807) is 5.48 Å². The molecule has 0 saturated carbocycles. The van der Waals surface area contributed by atoms with Crippen molar-refractivity contribution in [1.29, 1.82) is 0 Å². The van der Waals surface area contributed by atoms with Crippen LogP contribution in [0.15, 0.2) is 0 Å². The minimum absolute atomic E-state index is 0.130. The molecular weight excluding hydrogens is 113 g/mol. The van der Waals surface area contributed by atoms with Crippen molar-refractivity contribution in [2.45, 2.75) is 6.04 Å². The van der Waals surface area contributed by atoms with E-state index in [-0.39, 0.29) is 6.54 Å². The van der Waals surface area contributed by atoms with Crippen LogP contribution in [0.3, 0.4) is 0 Å². The molecule has 0 radical (unpaired) electrons. The van der Waals surface area contributed by atoms with Crippen molar-refractivity contribution in [2.24, 2.45) is 5.73 Å². The Labute approximate surface area is 46.1 Å². The van der Waals surface area contributed by atoms with Gasteiger partial charge in [0.15, 0.2) is 0 Å². The van der Waals surface area contributed by atoms with Crippen LogP contribution in [0.2, 0.25) is 0 Å². The summed E-state index contributed by atoms with van der Waals surface area (Å²) in [5.74, 6) is -1.13. The fourth-order valence-corrected chi connectivity index (χ4v) is 0.186. The Hall–Kier alpha value is -0.650. The van der Waals surface area contributed by atoms with E-state index in [0.29, 0.717) is 0 Å². The molecule has 0 heterocycles. The number of hydrogen-bond acceptors (Lipinski definition) is 4. The third-order valence-electron chi connectivity index (χ3n) is 0.628. The van der Waals surface area contributed by atoms with Gasteiger partial charge in [-0.2, -0.15) is 0 Å². The topological polar surface area (TPSA) is 95.6 Å². The summed E-state index contributed by atoms with van der Waals surface area (Å²) in [6.45, 7) is -0.130. The molecule has 0 amide bonds. The highest BCUT2D eigenvalue weighted by Gasteiger charge is 2.08. The van der Waals surface area contributed by atoms with Gasteiger partial charge in [-0.15, -0.1) is 0 Å². The fourth-order valence-electron chi connectivity index (χ4n) is 0.186. The van der Waals surface area contributed by atoms with Crippen LogP contribution in [0.4, 0.5) is 0 Å². The van der Waals surface area contributed by atoms with Crippen molar-refractivity contribution in [3.63, 3.8) is 0 Å². The van der Waals surface area contributed by atoms with Crippen LogP contribution >= 0.6 is 0 Å². The summed E-state index contributed by atoms with van der Waals surface area (Å²) in [6, 6.07) is -1.03. The molecule has 0 saturated heterocycles. The molecular formula is C3H8N2O3. The van der Waals surface area contributed by atoms with Crippen molar-refractivity contribution >= 4 is 5.97 Å². The third-order valence-corrected chi connectivity index (χ3v) is 0.628. The molecule has 5 nitrogen and oxygen atoms in total. The van der Waals surface area contributed by atoms with E-state index in [4.69, 9.17) is 16.0 Å². The minimum atomic E-state index is -1.13. The Balaban J connectivity index is 3.32. The Kier molecular flexibility index (Phi) is 3.09. The zero-order chi connectivity index (χ0) is 6.57. The van der Waals surface area contributed by atoms with Gasteiger partial charge in [0, 0.05) is 6.54 Å². The zero-order valence-electron chi connectivity index (χ0n) is 4.16. The average molecular weight is 121 g/mol. The Morgan fingerprint density at radius 2 is 2.38 bits per heavy atom. The first kappa shape index (κ1) is 7.35. The number of hydroxylamine groups is 1. The Bertz CT molecular complexity index is 84.6. The summed E-state index contributed by atoms with van der Waals surface area (Å²) in [7, 11) is 0. The molecule has 0 aliphatic carbocycles. The highest BCUT2D eigenvalue weighted by atomic mass is 16.7. The molecule has 0 bridgehead atoms. The van der Waals surface area contributed by atoms with E-state index in [2.05, 4.69) is 0 Å². The Morgan fingerprint density at radius 3 is 2.50 bits per heavy atom. The zero-order valence-corrected chi connectivity index (χ0v) is 4.16. The number of rotatable bonds is 3. The number of aliphatic carboxylic acids is 1. The van der Waals surface area contributed by atoms with Crippen LogP contribution in [0.5, 0.6) is 0 Å². The molecule has 5 heteroatoms. The van der Waals surface area contributed by atoms with Gasteiger partial charge < -0.3 is 16.0 Å². The quantitative estimate of drug-likeness (QED) is 0.266. The van der Waals surface area contributed by atoms with Crippen molar-refractivity contribution in [2.75, 3.05) is 6.54 Å². The van der Waals surface area contributed by atoms with Gasteiger partial charge in [0.25, 0.3) is 0 Å². The molecule has 0 spiro atoms. The molecule has 48 valence electrons. The lowest BCUT2D eigenvalue weighted by atomic mass is 10.3. The lowest BCUT2D eigenvalue weighted by Crippen LogP contribution is -2.39. The number of carbonyl (C=O) groups is 1. The summed E-state index contributed by atoms with van der Waals surface area (Å²) in [5, 5.41) is 15.9. The molecule has 0 aromatic rings. The molecule has 0 aliphatic heterocycles. The second kappa shape index (κ2) is 3.36. The van der Waals surface area contributed by atoms with Gasteiger partial charge in [0.1, 0.15) is 6.04 Å². The van der Waals surface area contributed by atoms with E-state index in [9.17, 15) is 4.79 Å². The molecule has 1 unspecified atom stereocenters. The van der Waals surface area contributed by atoms with E-state index in [0.717, 1.165) is 0 Å². The SMILES string of the molecule is NC(C[15NH]O)C(=O)O. The molecule has 1 atom stereocenters. The standard InChI is InChI=1S/C3H8N2O3/c4-2(1-5-8)3(6)7/h2,5,8H,1,4H2,(H,6,7)/i5+1. The van der Waals surface area contributed by atoms with Crippen molar-refractivity contribution in [1.82, 2.24) is 5.48 Å². The highest BCUT2D eigenvalue weighted by molar-refractivity contribution is 5.73. The monoisotopic (exact) mass is 121 g/mol. The Morgan fingerprint density at radius 1 is 1.88 bits per heavy atom. The minimum Gasteiger partial charge on any atom is -0.480 e. The summed E-state index contributed by atoms with van der Waals surface area (Å²) >= 11 is 0. The predicted molar refractivity (Wildman–Crippen MR) is 25.4 cm³/mol. The number of nitrogens with one attached hydrogen (secondary N) is 1. The summed E-state index contributed by atoms with van der Waals surface area (Å²) in [6.07, 6.45) is 0. The van der Waals surface area contributed by atoms with Crippen LogP contribution in [-0.2, 0) is 4.79 Å². The van der Waals surface area contributed by atoms with Gasteiger partial charge in [-0.3, -0.25) is 4.79 Å². The molecule has 8 heavy (non-hydrogen) atoms. The molecule has 0 aliphatic rings. The van der Waals surface area contributed by atoms with Gasteiger partial charge in [0.2, 0.25) is 0 Å². The summed E-state index contributed by atoms with van der Waals surface area (Å²) in [5.41, 5.74) is 6.55. The smallest absolute Gasteiger partial charge is 0.321 e. The van der Waals surface area contributed by atoms with Crippen molar-refractivity contribution in [3.05, 3.63) is 0 Å². The predicted octanol–water partition coefficient (Wildman–Crippen LogP) is -1.62. The van der Waals surface area contributed by atoms with Crippen LogP contribution < -0.4 is 11.2 Å². The fraction of sp³-hybridized carbons (Fsp3) is 0.667. The normalized spacial score (nSPS) is 13.2. The maximum atomic E-state index is 9.81. The number of carboxylic acids is 1. The first-order chi connectivity index (χ1) is 3.68. The summed E-state index contributed by atoms with van der Waals surface area (Å²) < 4.78 is 0. The van der Waals surface area contributed by atoms with Gasteiger partial charge in [-0.25, -0.2) is 5.48 Å². The van der Waals surface area contributed by atoms with E-state index < -0.39 is 12.0 Å². The molecule has 0 rings (SSSR count). The van der Waals surface area contributed by atoms with E-state index >= 15 is 0 Å². The molecule has 5 N–H and O–H groups in total. The number of carboxylic acid groups (broad SMARTS) is 1. The second-order valence-corrected chi connectivity index (χ2v) is 1.31. The lowest BCUT2D eigenvalue weighted by Gasteiger charge is -2.01. The van der Waals surface area contributed by atoms with Crippen molar-refractivity contribution < 1.29 is 15.1 Å². The van der Waals surface area contributed by atoms with Gasteiger partial charge in [0.05, 0.1) is 0 Å². The first-order valence-corrected chi connectivity index (χ1v) is 2.04. The van der Waals surface area contributed by atoms with Crippen LogP contribution in [0.1, 0.15) is 0 Å². The summed E-state index contributed by atoms with van der Waals surface area (Å²) in [4.78, 5) is 9.81. The lowest BCUT2D eigenvalue weighted by molar-refractivity contribution is -0.138. The van der Waals surface area contributed by atoms with Crippen LogP contribution in [0.25, 0.3) is 0 Å². The molecule has 0 aromatic heterocycles. The number of nitrogens with two attached hydrogens (primary N) is 1. The van der Waals surface area contributed by atoms with Gasteiger partial charge in [-0.05, 0) is 0 Å². The van der Waals surface area contributed by atoms with Gasteiger partial charge in [-0.1, -0.05) is 0 Å². The van der Waals surface area contributed by atoms with Gasteiger partial charge >= 0.3 is 5.97 Å². The molecule has 0 aromatic carbocycles. The highest BCUT2D eigenvalue weighted by Crippen LogP contribution is 1.71. The van der Waals surface area contributed by atoms with E-state index in [1.165, 1.54) is 0 Å².